The molecule has 21 heavy (non-hydrogen) atoms. The van der Waals surface area contributed by atoms with Crippen molar-refractivity contribution in [1.29, 1.82) is 0 Å². The van der Waals surface area contributed by atoms with E-state index < -0.39 is 0 Å². The summed E-state index contributed by atoms with van der Waals surface area (Å²) in [5, 5.41) is 17.2. The number of aryl methyl sites for hydroxylation is 1. The van der Waals surface area contributed by atoms with Gasteiger partial charge in [0.25, 0.3) is 0 Å². The van der Waals surface area contributed by atoms with Crippen LogP contribution in [0.4, 0.5) is 0 Å². The Labute approximate surface area is 126 Å². The molecule has 0 aliphatic rings. The molecule has 1 amide bonds. The summed E-state index contributed by atoms with van der Waals surface area (Å²) in [6, 6.07) is 6.98. The summed E-state index contributed by atoms with van der Waals surface area (Å²) in [6.45, 7) is 2.37. The summed E-state index contributed by atoms with van der Waals surface area (Å²) >= 11 is 1.53. The smallest absolute Gasteiger partial charge is 0.224 e. The van der Waals surface area contributed by atoms with Gasteiger partial charge in [0.05, 0.1) is 13.0 Å². The fourth-order valence-corrected chi connectivity index (χ4v) is 2.47. The van der Waals surface area contributed by atoms with Gasteiger partial charge in [0.1, 0.15) is 5.01 Å². The molecule has 4 N–H and O–H groups in total. The number of rotatable bonds is 5. The van der Waals surface area contributed by atoms with Crippen molar-refractivity contribution < 1.29 is 10.0 Å². The Morgan fingerprint density at radius 2 is 2.14 bits per heavy atom. The first-order valence-electron chi connectivity index (χ1n) is 6.33. The lowest BCUT2D eigenvalue weighted by atomic mass is 10.1. The fourth-order valence-electron chi connectivity index (χ4n) is 1.76. The molecule has 0 saturated heterocycles. The van der Waals surface area contributed by atoms with Crippen molar-refractivity contribution in [3.8, 4) is 0 Å². The Kier molecular flexibility index (Phi) is 4.89. The molecule has 0 fully saturated rings. The largest absolute Gasteiger partial charge is 0.409 e. The van der Waals surface area contributed by atoms with Crippen LogP contribution < -0.4 is 11.1 Å². The number of hydrogen-bond acceptors (Lipinski definition) is 5. The van der Waals surface area contributed by atoms with Crippen molar-refractivity contribution in [1.82, 2.24) is 10.3 Å². The van der Waals surface area contributed by atoms with Gasteiger partial charge in [-0.15, -0.1) is 11.3 Å². The van der Waals surface area contributed by atoms with Crippen molar-refractivity contribution >= 4 is 23.1 Å². The number of carbonyl (C=O) groups is 1. The molecule has 0 bridgehead atoms. The molecule has 2 rings (SSSR count). The van der Waals surface area contributed by atoms with Crippen molar-refractivity contribution in [2.24, 2.45) is 10.9 Å². The van der Waals surface area contributed by atoms with E-state index in [1.807, 2.05) is 12.3 Å². The highest BCUT2D eigenvalue weighted by molar-refractivity contribution is 7.09. The first-order valence-corrected chi connectivity index (χ1v) is 7.21. The second-order valence-corrected chi connectivity index (χ2v) is 5.46. The van der Waals surface area contributed by atoms with Crippen molar-refractivity contribution in [3.05, 3.63) is 51.5 Å². The molecule has 110 valence electrons. The third-order valence-electron chi connectivity index (χ3n) is 2.83. The van der Waals surface area contributed by atoms with E-state index >= 15 is 0 Å². The molecule has 1 aromatic carbocycles. The average molecular weight is 304 g/mol. The summed E-state index contributed by atoms with van der Waals surface area (Å²) in [7, 11) is 0. The predicted molar refractivity (Wildman–Crippen MR) is 81.4 cm³/mol. The molecule has 1 heterocycles. The molecule has 2 aromatic rings. The van der Waals surface area contributed by atoms with E-state index in [2.05, 4.69) is 15.5 Å². The Bertz CT molecular complexity index is 649. The van der Waals surface area contributed by atoms with E-state index in [0.717, 1.165) is 16.3 Å². The van der Waals surface area contributed by atoms with Gasteiger partial charge in [0.15, 0.2) is 5.84 Å². The van der Waals surface area contributed by atoms with Crippen molar-refractivity contribution in [2.75, 3.05) is 0 Å². The lowest BCUT2D eigenvalue weighted by molar-refractivity contribution is -0.120. The number of aromatic nitrogens is 1. The number of benzene rings is 1. The van der Waals surface area contributed by atoms with E-state index in [9.17, 15) is 4.79 Å². The van der Waals surface area contributed by atoms with Crippen LogP contribution >= 0.6 is 11.3 Å². The Morgan fingerprint density at radius 1 is 1.43 bits per heavy atom. The minimum Gasteiger partial charge on any atom is -0.409 e. The van der Waals surface area contributed by atoms with Gasteiger partial charge in [-0.05, 0) is 12.5 Å². The van der Waals surface area contributed by atoms with E-state index in [1.165, 1.54) is 11.3 Å². The van der Waals surface area contributed by atoms with Gasteiger partial charge < -0.3 is 16.3 Å². The second-order valence-electron chi connectivity index (χ2n) is 4.52. The maximum atomic E-state index is 11.8. The van der Waals surface area contributed by atoms with Gasteiger partial charge in [0.2, 0.25) is 5.91 Å². The van der Waals surface area contributed by atoms with Crippen LogP contribution in [-0.4, -0.2) is 21.9 Å². The van der Waals surface area contributed by atoms with E-state index in [0.29, 0.717) is 12.1 Å². The van der Waals surface area contributed by atoms with Crippen LogP contribution in [0.1, 0.15) is 21.8 Å². The number of nitrogens with zero attached hydrogens (tertiary/aromatic N) is 2. The molecular formula is C14H16N4O2S. The zero-order chi connectivity index (χ0) is 15.2. The van der Waals surface area contributed by atoms with Crippen LogP contribution in [0.3, 0.4) is 0 Å². The Hall–Kier alpha value is -2.41. The summed E-state index contributed by atoms with van der Waals surface area (Å²) in [4.78, 5) is 16.1. The third-order valence-corrected chi connectivity index (χ3v) is 3.79. The van der Waals surface area contributed by atoms with Crippen LogP contribution in [-0.2, 0) is 17.8 Å². The highest BCUT2D eigenvalue weighted by Crippen LogP contribution is 2.08. The van der Waals surface area contributed by atoms with Gasteiger partial charge in [-0.1, -0.05) is 29.4 Å². The Balaban J connectivity index is 1.87. The number of nitrogens with two attached hydrogens (primary N) is 1. The molecule has 0 saturated carbocycles. The van der Waals surface area contributed by atoms with Gasteiger partial charge in [-0.25, -0.2) is 4.98 Å². The third kappa shape index (κ3) is 4.28. The molecule has 0 radical (unpaired) electrons. The van der Waals surface area contributed by atoms with Crippen LogP contribution in [0.25, 0.3) is 0 Å². The summed E-state index contributed by atoms with van der Waals surface area (Å²) in [5.41, 5.74) is 7.91. The number of amidine groups is 1. The average Bonchev–Trinajstić information content (AvgIpc) is 2.91. The van der Waals surface area contributed by atoms with Crippen LogP contribution in [0, 0.1) is 6.92 Å². The monoisotopic (exact) mass is 304 g/mol. The lowest BCUT2D eigenvalue weighted by Gasteiger charge is -2.04. The lowest BCUT2D eigenvalue weighted by Crippen LogP contribution is -2.24. The quantitative estimate of drug-likeness (QED) is 0.336. The topological polar surface area (TPSA) is 101 Å². The molecule has 0 atom stereocenters. The molecule has 0 spiro atoms. The Morgan fingerprint density at radius 3 is 2.71 bits per heavy atom. The molecule has 0 unspecified atom stereocenters. The first kappa shape index (κ1) is 15.0. The standard InChI is InChI=1S/C14H16N4O2S/c1-9-8-21-13(17-9)7-16-12(19)6-10-2-4-11(5-3-10)14(15)18-20/h2-5,8,20H,6-7H2,1H3,(H2,15,18)(H,16,19). The predicted octanol–water partition coefficient (Wildman–Crippen LogP) is 1.40. The summed E-state index contributed by atoms with van der Waals surface area (Å²) < 4.78 is 0. The number of oxime groups is 1. The fraction of sp³-hybridized carbons (Fsp3) is 0.214. The van der Waals surface area contributed by atoms with Gasteiger partial charge in [-0.3, -0.25) is 4.79 Å². The minimum absolute atomic E-state index is 0.0464. The highest BCUT2D eigenvalue weighted by Gasteiger charge is 2.06. The van der Waals surface area contributed by atoms with Gasteiger partial charge in [0, 0.05) is 16.6 Å². The van der Waals surface area contributed by atoms with Gasteiger partial charge in [-0.2, -0.15) is 0 Å². The van der Waals surface area contributed by atoms with Crippen LogP contribution in [0.2, 0.25) is 0 Å². The second kappa shape index (κ2) is 6.85. The van der Waals surface area contributed by atoms with Crippen LogP contribution in [0.5, 0.6) is 0 Å². The van der Waals surface area contributed by atoms with Crippen molar-refractivity contribution in [2.45, 2.75) is 19.9 Å². The number of carbonyl (C=O) groups excluding carboxylic acids is 1. The first-order chi connectivity index (χ1) is 10.1. The van der Waals surface area contributed by atoms with E-state index in [4.69, 9.17) is 10.9 Å². The molecule has 6 nitrogen and oxygen atoms in total. The minimum atomic E-state index is -0.0700. The molecule has 0 aliphatic heterocycles. The normalized spacial score (nSPS) is 11.4. The molecule has 7 heteroatoms. The number of thiazole rings is 1. The summed E-state index contributed by atoms with van der Waals surface area (Å²) in [5.74, 6) is -0.0236. The highest BCUT2D eigenvalue weighted by atomic mass is 32.1. The SMILES string of the molecule is Cc1csc(CNC(=O)Cc2ccc(C(N)=NO)cc2)n1. The molecule has 0 aliphatic carbocycles. The van der Waals surface area contributed by atoms with Crippen LogP contribution in [0.15, 0.2) is 34.8 Å². The number of nitrogens with one attached hydrogen (secondary N) is 1. The zero-order valence-electron chi connectivity index (χ0n) is 11.5. The maximum Gasteiger partial charge on any atom is 0.224 e. The van der Waals surface area contributed by atoms with Gasteiger partial charge >= 0.3 is 0 Å². The molecule has 1 aromatic heterocycles. The summed E-state index contributed by atoms with van der Waals surface area (Å²) in [6.07, 6.45) is 0.279. The van der Waals surface area contributed by atoms with Crippen molar-refractivity contribution in [3.63, 3.8) is 0 Å². The number of hydrogen-bond donors (Lipinski definition) is 3. The van der Waals surface area contributed by atoms with E-state index in [-0.39, 0.29) is 18.2 Å². The zero-order valence-corrected chi connectivity index (χ0v) is 12.4. The van der Waals surface area contributed by atoms with E-state index in [1.54, 1.807) is 24.3 Å². The molecular weight excluding hydrogens is 288 g/mol. The maximum absolute atomic E-state index is 11.8. The number of amides is 1.